The average Bonchev–Trinajstić information content (AvgIpc) is 2.69. The fourth-order valence-corrected chi connectivity index (χ4v) is 2.98. The van der Waals surface area contributed by atoms with Crippen LogP contribution in [0.5, 0.6) is 5.75 Å². The number of aryl methyl sites for hydroxylation is 1. The van der Waals surface area contributed by atoms with Crippen LogP contribution in [0, 0.1) is 0 Å². The van der Waals surface area contributed by atoms with Crippen LogP contribution in [0.4, 0.5) is 11.4 Å². The molecule has 0 aromatic heterocycles. The van der Waals surface area contributed by atoms with Crippen molar-refractivity contribution in [2.45, 2.75) is 26.4 Å². The van der Waals surface area contributed by atoms with Gasteiger partial charge in [-0.3, -0.25) is 4.79 Å². The summed E-state index contributed by atoms with van der Waals surface area (Å²) in [6.07, 6.45) is 0.301. The lowest BCUT2D eigenvalue weighted by atomic mass is 10.1. The van der Waals surface area contributed by atoms with Crippen molar-refractivity contribution in [2.24, 2.45) is 0 Å². The maximum Gasteiger partial charge on any atom is 0.265 e. The SMILES string of the molecule is CCc1ccccc1O[C@@H](C)C(=O)Nc1ccc(N2CCOCC2)cc1. The predicted octanol–water partition coefficient (Wildman–Crippen LogP) is 3.49. The van der Waals surface area contributed by atoms with E-state index >= 15 is 0 Å². The van der Waals surface area contributed by atoms with E-state index in [4.69, 9.17) is 9.47 Å². The fraction of sp³-hybridized carbons (Fsp3) is 0.381. The second kappa shape index (κ2) is 8.72. The van der Waals surface area contributed by atoms with Crippen molar-refractivity contribution in [3.05, 3.63) is 54.1 Å². The van der Waals surface area contributed by atoms with E-state index in [1.807, 2.05) is 48.5 Å². The Hall–Kier alpha value is -2.53. The largest absolute Gasteiger partial charge is 0.481 e. The molecule has 5 nitrogen and oxygen atoms in total. The van der Waals surface area contributed by atoms with Crippen molar-refractivity contribution in [2.75, 3.05) is 36.5 Å². The summed E-state index contributed by atoms with van der Waals surface area (Å²) in [5.74, 6) is 0.607. The number of carbonyl (C=O) groups excluding carboxylic acids is 1. The molecule has 1 amide bonds. The molecule has 0 unspecified atom stereocenters. The molecule has 1 atom stereocenters. The molecule has 26 heavy (non-hydrogen) atoms. The highest BCUT2D eigenvalue weighted by Crippen LogP contribution is 2.21. The molecule has 1 fully saturated rings. The zero-order valence-corrected chi connectivity index (χ0v) is 15.4. The maximum atomic E-state index is 12.4. The van der Waals surface area contributed by atoms with E-state index in [2.05, 4.69) is 17.1 Å². The van der Waals surface area contributed by atoms with Crippen LogP contribution in [0.3, 0.4) is 0 Å². The summed E-state index contributed by atoms with van der Waals surface area (Å²) in [6, 6.07) is 15.7. The van der Waals surface area contributed by atoms with Crippen LogP contribution in [0.15, 0.2) is 48.5 Å². The zero-order chi connectivity index (χ0) is 18.4. The van der Waals surface area contributed by atoms with Crippen molar-refractivity contribution in [1.82, 2.24) is 0 Å². The molecular weight excluding hydrogens is 328 g/mol. The van der Waals surface area contributed by atoms with E-state index in [0.717, 1.165) is 55.4 Å². The number of nitrogens with one attached hydrogen (secondary N) is 1. The van der Waals surface area contributed by atoms with Crippen LogP contribution in [-0.4, -0.2) is 38.3 Å². The van der Waals surface area contributed by atoms with Gasteiger partial charge in [0.05, 0.1) is 13.2 Å². The average molecular weight is 354 g/mol. The third kappa shape index (κ3) is 4.55. The van der Waals surface area contributed by atoms with Gasteiger partial charge in [0, 0.05) is 24.5 Å². The lowest BCUT2D eigenvalue weighted by Gasteiger charge is -2.29. The molecule has 2 aromatic carbocycles. The fourth-order valence-electron chi connectivity index (χ4n) is 2.98. The van der Waals surface area contributed by atoms with Gasteiger partial charge in [-0.1, -0.05) is 25.1 Å². The van der Waals surface area contributed by atoms with E-state index in [-0.39, 0.29) is 5.91 Å². The minimum Gasteiger partial charge on any atom is -0.481 e. The molecule has 1 aliphatic rings. The van der Waals surface area contributed by atoms with Crippen LogP contribution in [0.1, 0.15) is 19.4 Å². The molecule has 0 aliphatic carbocycles. The molecule has 2 aromatic rings. The lowest BCUT2D eigenvalue weighted by molar-refractivity contribution is -0.122. The third-order valence-electron chi connectivity index (χ3n) is 4.54. The number of amides is 1. The summed E-state index contributed by atoms with van der Waals surface area (Å²) in [7, 11) is 0. The first-order valence-electron chi connectivity index (χ1n) is 9.15. The molecular formula is C21H26N2O3. The number of rotatable bonds is 6. The number of hydrogen-bond acceptors (Lipinski definition) is 4. The molecule has 0 radical (unpaired) electrons. The van der Waals surface area contributed by atoms with E-state index in [1.54, 1.807) is 6.92 Å². The summed E-state index contributed by atoms with van der Waals surface area (Å²) < 4.78 is 11.2. The van der Waals surface area contributed by atoms with Gasteiger partial charge in [0.15, 0.2) is 6.10 Å². The van der Waals surface area contributed by atoms with E-state index in [0.29, 0.717) is 0 Å². The molecule has 1 aliphatic heterocycles. The van der Waals surface area contributed by atoms with Gasteiger partial charge < -0.3 is 19.7 Å². The van der Waals surface area contributed by atoms with E-state index in [9.17, 15) is 4.79 Å². The Bertz CT molecular complexity index is 724. The number of hydrogen-bond donors (Lipinski definition) is 1. The summed E-state index contributed by atoms with van der Waals surface area (Å²) in [5.41, 5.74) is 3.01. The van der Waals surface area contributed by atoms with Crippen LogP contribution < -0.4 is 15.0 Å². The lowest BCUT2D eigenvalue weighted by Crippen LogP contribution is -2.36. The van der Waals surface area contributed by atoms with Crippen LogP contribution in [0.2, 0.25) is 0 Å². The molecule has 3 rings (SSSR count). The smallest absolute Gasteiger partial charge is 0.265 e. The highest BCUT2D eigenvalue weighted by Gasteiger charge is 2.17. The highest BCUT2D eigenvalue weighted by molar-refractivity contribution is 5.94. The van der Waals surface area contributed by atoms with Gasteiger partial charge in [0.2, 0.25) is 0 Å². The number of anilines is 2. The molecule has 1 N–H and O–H groups in total. The number of benzene rings is 2. The van der Waals surface area contributed by atoms with Crippen molar-refractivity contribution in [3.8, 4) is 5.75 Å². The minimum absolute atomic E-state index is 0.157. The van der Waals surface area contributed by atoms with Crippen molar-refractivity contribution < 1.29 is 14.3 Å². The number of para-hydroxylation sites is 1. The number of morpholine rings is 1. The Labute approximate surface area is 154 Å². The topological polar surface area (TPSA) is 50.8 Å². The van der Waals surface area contributed by atoms with Crippen LogP contribution >= 0.6 is 0 Å². The standard InChI is InChI=1S/C21H26N2O3/c1-3-17-6-4-5-7-20(17)26-16(2)21(24)22-18-8-10-19(11-9-18)23-12-14-25-15-13-23/h4-11,16H,3,12-15H2,1-2H3,(H,22,24)/t16-/m0/s1. The Balaban J connectivity index is 1.58. The summed E-state index contributed by atoms with van der Waals surface area (Å²) in [6.45, 7) is 7.15. The molecule has 5 heteroatoms. The van der Waals surface area contributed by atoms with Gasteiger partial charge in [0.25, 0.3) is 5.91 Å². The van der Waals surface area contributed by atoms with E-state index < -0.39 is 6.10 Å². The van der Waals surface area contributed by atoms with Gasteiger partial charge in [-0.05, 0) is 49.2 Å². The number of ether oxygens (including phenoxy) is 2. The van der Waals surface area contributed by atoms with Gasteiger partial charge in [-0.2, -0.15) is 0 Å². The molecule has 0 saturated carbocycles. The Morgan fingerprint density at radius 3 is 2.54 bits per heavy atom. The Morgan fingerprint density at radius 1 is 1.15 bits per heavy atom. The first kappa shape index (κ1) is 18.3. The van der Waals surface area contributed by atoms with Gasteiger partial charge >= 0.3 is 0 Å². The van der Waals surface area contributed by atoms with Crippen molar-refractivity contribution in [3.63, 3.8) is 0 Å². The Morgan fingerprint density at radius 2 is 1.85 bits per heavy atom. The number of nitrogens with zero attached hydrogens (tertiary/aromatic N) is 1. The maximum absolute atomic E-state index is 12.4. The third-order valence-corrected chi connectivity index (χ3v) is 4.54. The van der Waals surface area contributed by atoms with Gasteiger partial charge in [-0.15, -0.1) is 0 Å². The first-order valence-corrected chi connectivity index (χ1v) is 9.15. The van der Waals surface area contributed by atoms with Crippen LogP contribution in [-0.2, 0) is 16.0 Å². The van der Waals surface area contributed by atoms with Crippen molar-refractivity contribution in [1.29, 1.82) is 0 Å². The van der Waals surface area contributed by atoms with Crippen LogP contribution in [0.25, 0.3) is 0 Å². The second-order valence-corrected chi connectivity index (χ2v) is 6.36. The van der Waals surface area contributed by atoms with Crippen molar-refractivity contribution >= 4 is 17.3 Å². The Kier molecular flexibility index (Phi) is 6.12. The number of carbonyl (C=O) groups is 1. The quantitative estimate of drug-likeness (QED) is 0.863. The normalized spacial score (nSPS) is 15.4. The second-order valence-electron chi connectivity index (χ2n) is 6.36. The highest BCUT2D eigenvalue weighted by atomic mass is 16.5. The molecule has 0 spiro atoms. The van der Waals surface area contributed by atoms with Gasteiger partial charge in [-0.25, -0.2) is 0 Å². The predicted molar refractivity (Wildman–Crippen MR) is 104 cm³/mol. The zero-order valence-electron chi connectivity index (χ0n) is 15.4. The van der Waals surface area contributed by atoms with Gasteiger partial charge in [0.1, 0.15) is 5.75 Å². The molecule has 1 saturated heterocycles. The summed E-state index contributed by atoms with van der Waals surface area (Å²) in [5, 5.41) is 2.92. The minimum atomic E-state index is -0.568. The molecule has 1 heterocycles. The summed E-state index contributed by atoms with van der Waals surface area (Å²) in [4.78, 5) is 14.7. The monoisotopic (exact) mass is 354 g/mol. The summed E-state index contributed by atoms with van der Waals surface area (Å²) >= 11 is 0. The first-order chi connectivity index (χ1) is 12.7. The molecule has 138 valence electrons. The molecule has 0 bridgehead atoms. The van der Waals surface area contributed by atoms with E-state index in [1.165, 1.54) is 0 Å².